The number of rotatable bonds is 5. The Balaban J connectivity index is 3.00. The summed E-state index contributed by atoms with van der Waals surface area (Å²) in [7, 11) is 1.63. The summed E-state index contributed by atoms with van der Waals surface area (Å²) < 4.78 is 0. The van der Waals surface area contributed by atoms with E-state index < -0.39 is 0 Å². The van der Waals surface area contributed by atoms with Gasteiger partial charge < -0.3 is 15.3 Å². The summed E-state index contributed by atoms with van der Waals surface area (Å²) in [5.74, 6) is 0.374. The van der Waals surface area contributed by atoms with Crippen molar-refractivity contribution >= 4 is 23.3 Å². The number of carbonyl (C=O) groups is 1. The fourth-order valence-corrected chi connectivity index (χ4v) is 1.58. The lowest BCUT2D eigenvalue weighted by Gasteiger charge is -2.23. The second-order valence-electron chi connectivity index (χ2n) is 4.03. The van der Waals surface area contributed by atoms with E-state index in [1.54, 1.807) is 20.0 Å². The van der Waals surface area contributed by atoms with Gasteiger partial charge in [0.15, 0.2) is 0 Å². The Morgan fingerprint density at radius 1 is 1.67 bits per heavy atom. The van der Waals surface area contributed by atoms with Crippen molar-refractivity contribution in [2.24, 2.45) is 0 Å². The minimum atomic E-state index is -0.260. The van der Waals surface area contributed by atoms with Crippen molar-refractivity contribution < 1.29 is 9.90 Å². The minimum Gasteiger partial charge on any atom is -0.394 e. The molecule has 1 atom stereocenters. The maximum Gasteiger partial charge on any atom is 0.255 e. The number of nitrogens with one attached hydrogen (secondary N) is 1. The molecule has 1 aromatic rings. The summed E-state index contributed by atoms with van der Waals surface area (Å²) >= 11 is 5.98. The van der Waals surface area contributed by atoms with E-state index in [0.29, 0.717) is 22.9 Å². The van der Waals surface area contributed by atoms with Crippen molar-refractivity contribution in [3.8, 4) is 0 Å². The van der Waals surface area contributed by atoms with Gasteiger partial charge in [-0.25, -0.2) is 4.98 Å². The number of hydrogen-bond donors (Lipinski definition) is 2. The normalized spacial score (nSPS) is 12.1. The second kappa shape index (κ2) is 6.56. The molecule has 5 nitrogen and oxygen atoms in total. The number of carbonyl (C=O) groups excluding carboxylic acids is 1. The molecule has 18 heavy (non-hydrogen) atoms. The molecule has 0 aromatic carbocycles. The molecular weight excluding hydrogens is 254 g/mol. The van der Waals surface area contributed by atoms with Gasteiger partial charge in [0.25, 0.3) is 5.91 Å². The molecule has 1 rings (SSSR count). The maximum absolute atomic E-state index is 12.2. The Morgan fingerprint density at radius 3 is 2.89 bits per heavy atom. The van der Waals surface area contributed by atoms with Crippen LogP contribution in [-0.4, -0.2) is 47.1 Å². The van der Waals surface area contributed by atoms with E-state index in [-0.39, 0.29) is 18.6 Å². The monoisotopic (exact) mass is 271 g/mol. The average molecular weight is 272 g/mol. The van der Waals surface area contributed by atoms with Crippen molar-refractivity contribution in [3.05, 3.63) is 22.8 Å². The van der Waals surface area contributed by atoms with Crippen LogP contribution in [0.15, 0.2) is 12.3 Å². The molecule has 1 unspecified atom stereocenters. The third kappa shape index (κ3) is 3.34. The number of amides is 1. The number of halogens is 1. The number of aromatic nitrogens is 1. The minimum absolute atomic E-state index is 0.0923. The van der Waals surface area contributed by atoms with Crippen LogP contribution in [0.3, 0.4) is 0 Å². The Labute approximate surface area is 112 Å². The average Bonchev–Trinajstić information content (AvgIpc) is 2.38. The summed E-state index contributed by atoms with van der Waals surface area (Å²) in [6.45, 7) is 4.33. The van der Waals surface area contributed by atoms with E-state index >= 15 is 0 Å². The Hall–Kier alpha value is -1.33. The summed E-state index contributed by atoms with van der Waals surface area (Å²) in [6, 6.07) is 1.36. The lowest BCUT2D eigenvalue weighted by atomic mass is 10.2. The molecule has 1 amide bonds. The molecule has 0 radical (unpaired) electrons. The van der Waals surface area contributed by atoms with Crippen molar-refractivity contribution in [2.45, 2.75) is 19.9 Å². The van der Waals surface area contributed by atoms with Crippen LogP contribution in [0.4, 0.5) is 5.82 Å². The quantitative estimate of drug-likeness (QED) is 0.854. The molecule has 0 bridgehead atoms. The van der Waals surface area contributed by atoms with Crippen molar-refractivity contribution in [2.75, 3.05) is 25.5 Å². The molecule has 0 aliphatic rings. The zero-order valence-corrected chi connectivity index (χ0v) is 11.5. The number of aliphatic hydroxyl groups excluding tert-OH is 1. The summed E-state index contributed by atoms with van der Waals surface area (Å²) in [5, 5.41) is 12.4. The first-order valence-corrected chi connectivity index (χ1v) is 6.16. The van der Waals surface area contributed by atoms with Gasteiger partial charge >= 0.3 is 0 Å². The van der Waals surface area contributed by atoms with E-state index in [4.69, 9.17) is 16.7 Å². The van der Waals surface area contributed by atoms with E-state index in [0.717, 1.165) is 0 Å². The van der Waals surface area contributed by atoms with Gasteiger partial charge in [-0.2, -0.15) is 0 Å². The first kappa shape index (κ1) is 14.7. The van der Waals surface area contributed by atoms with Crippen LogP contribution < -0.4 is 5.32 Å². The fourth-order valence-electron chi connectivity index (χ4n) is 1.39. The highest BCUT2D eigenvalue weighted by molar-refractivity contribution is 6.33. The van der Waals surface area contributed by atoms with Crippen LogP contribution >= 0.6 is 11.6 Å². The largest absolute Gasteiger partial charge is 0.394 e. The van der Waals surface area contributed by atoms with Crippen molar-refractivity contribution in [1.82, 2.24) is 9.88 Å². The highest BCUT2D eigenvalue weighted by Gasteiger charge is 2.20. The number of hydrogen-bond acceptors (Lipinski definition) is 4. The third-order valence-corrected chi connectivity index (χ3v) is 2.99. The first-order valence-electron chi connectivity index (χ1n) is 5.78. The predicted molar refractivity (Wildman–Crippen MR) is 72.1 cm³/mol. The van der Waals surface area contributed by atoms with Crippen LogP contribution in [0.1, 0.15) is 24.2 Å². The Kier molecular flexibility index (Phi) is 5.37. The smallest absolute Gasteiger partial charge is 0.255 e. The summed E-state index contributed by atoms with van der Waals surface area (Å²) in [4.78, 5) is 17.7. The fraction of sp³-hybridized carbons (Fsp3) is 0.500. The molecule has 1 aromatic heterocycles. The zero-order valence-electron chi connectivity index (χ0n) is 10.8. The molecule has 1 heterocycles. The molecule has 100 valence electrons. The molecule has 0 aliphatic carbocycles. The summed E-state index contributed by atoms with van der Waals surface area (Å²) in [5.41, 5.74) is 0.380. The number of likely N-dealkylation sites (N-methyl/N-ethyl adjacent to an activating group) is 1. The second-order valence-corrected chi connectivity index (χ2v) is 4.43. The molecular formula is C12H18ClN3O2. The lowest BCUT2D eigenvalue weighted by molar-refractivity contribution is 0.0682. The number of pyridine rings is 1. The Morgan fingerprint density at radius 2 is 2.33 bits per heavy atom. The molecule has 2 N–H and O–H groups in total. The van der Waals surface area contributed by atoms with Crippen LogP contribution in [0.5, 0.6) is 0 Å². The summed E-state index contributed by atoms with van der Waals surface area (Å²) in [6.07, 6.45) is 1.45. The van der Waals surface area contributed by atoms with Crippen LogP contribution in [0.2, 0.25) is 5.02 Å². The van der Waals surface area contributed by atoms with Gasteiger partial charge in [-0.05, 0) is 19.9 Å². The highest BCUT2D eigenvalue weighted by atomic mass is 35.5. The lowest BCUT2D eigenvalue weighted by Crippen LogP contribution is -2.37. The highest BCUT2D eigenvalue weighted by Crippen LogP contribution is 2.20. The van der Waals surface area contributed by atoms with Crippen LogP contribution in [0, 0.1) is 0 Å². The van der Waals surface area contributed by atoms with Crippen molar-refractivity contribution in [3.63, 3.8) is 0 Å². The molecule has 6 heteroatoms. The standard InChI is InChI=1S/C12H18ClN3O2/c1-4-14-11-5-9(10(13)6-15-11)12(18)16(3)8(2)7-17/h5-6,8,17H,4,7H2,1-3H3,(H,14,15). The number of anilines is 1. The van der Waals surface area contributed by atoms with Gasteiger partial charge in [0.1, 0.15) is 5.82 Å². The van der Waals surface area contributed by atoms with E-state index in [9.17, 15) is 4.79 Å². The van der Waals surface area contributed by atoms with Crippen LogP contribution in [0.25, 0.3) is 0 Å². The first-order chi connectivity index (χ1) is 8.51. The van der Waals surface area contributed by atoms with Gasteiger partial charge in [0, 0.05) is 19.8 Å². The SMILES string of the molecule is CCNc1cc(C(=O)N(C)C(C)CO)c(Cl)cn1. The van der Waals surface area contributed by atoms with Gasteiger partial charge in [-0.15, -0.1) is 0 Å². The maximum atomic E-state index is 12.2. The topological polar surface area (TPSA) is 65.5 Å². The molecule has 0 spiro atoms. The molecule has 0 saturated heterocycles. The zero-order chi connectivity index (χ0) is 13.7. The Bertz CT molecular complexity index is 426. The van der Waals surface area contributed by atoms with E-state index in [2.05, 4.69) is 10.3 Å². The van der Waals surface area contributed by atoms with Gasteiger partial charge in [-0.1, -0.05) is 11.6 Å². The third-order valence-electron chi connectivity index (χ3n) is 2.69. The molecule has 0 aliphatic heterocycles. The van der Waals surface area contributed by atoms with Crippen LogP contribution in [-0.2, 0) is 0 Å². The predicted octanol–water partition coefficient (Wildman–Crippen LogP) is 1.62. The molecule has 0 saturated carbocycles. The van der Waals surface area contributed by atoms with Gasteiger partial charge in [-0.3, -0.25) is 4.79 Å². The number of nitrogens with zero attached hydrogens (tertiary/aromatic N) is 2. The van der Waals surface area contributed by atoms with Gasteiger partial charge in [0.05, 0.1) is 23.2 Å². The van der Waals surface area contributed by atoms with Gasteiger partial charge in [0.2, 0.25) is 0 Å². The van der Waals surface area contributed by atoms with E-state index in [1.165, 1.54) is 11.1 Å². The number of aliphatic hydroxyl groups is 1. The molecule has 0 fully saturated rings. The van der Waals surface area contributed by atoms with Crippen molar-refractivity contribution in [1.29, 1.82) is 0 Å². The van der Waals surface area contributed by atoms with E-state index in [1.807, 2.05) is 6.92 Å².